The lowest BCUT2D eigenvalue weighted by Crippen LogP contribution is -2.52. The van der Waals surface area contributed by atoms with E-state index in [1.165, 1.54) is 11.8 Å². The first-order valence-corrected chi connectivity index (χ1v) is 15.1. The third-order valence-corrected chi connectivity index (χ3v) is 8.66. The summed E-state index contributed by atoms with van der Waals surface area (Å²) in [5, 5.41) is 4.76. The summed E-state index contributed by atoms with van der Waals surface area (Å²) in [5.41, 5.74) is 2.86. The summed E-state index contributed by atoms with van der Waals surface area (Å²) in [5.74, 6) is 0.653. The number of hydrogen-bond acceptors (Lipinski definition) is 3. The highest BCUT2D eigenvalue weighted by Gasteiger charge is 2.32. The molecule has 0 spiro atoms. The van der Waals surface area contributed by atoms with Crippen LogP contribution in [0.4, 0.5) is 0 Å². The van der Waals surface area contributed by atoms with Crippen LogP contribution in [-0.4, -0.2) is 34.6 Å². The number of carbonyl (C=O) groups is 2. The lowest BCUT2D eigenvalue weighted by Gasteiger charge is -2.32. The molecule has 0 aromatic heterocycles. The predicted octanol–water partition coefficient (Wildman–Crippen LogP) is 7.58. The summed E-state index contributed by atoms with van der Waals surface area (Å²) in [6, 6.07) is 22.3. The summed E-state index contributed by atoms with van der Waals surface area (Å²) in [7, 11) is 0. The van der Waals surface area contributed by atoms with Gasteiger partial charge in [0.25, 0.3) is 0 Å². The van der Waals surface area contributed by atoms with Crippen LogP contribution in [0, 0.1) is 0 Å². The predicted molar refractivity (Wildman–Crippen MR) is 159 cm³/mol. The molecule has 0 radical (unpaired) electrons. The molecule has 0 aliphatic heterocycles. The number of amides is 2. The van der Waals surface area contributed by atoms with Crippen LogP contribution in [0.25, 0.3) is 0 Å². The SMILES string of the molecule is O=C(NC1CCCC1)[C@@H](Cc1ccccc1)N(Cc1ccc(Cl)c(Cl)c1)C(=O)CSCc1cccc(Cl)c1. The van der Waals surface area contributed by atoms with Crippen LogP contribution in [0.15, 0.2) is 72.8 Å². The number of carbonyl (C=O) groups excluding carboxylic acids is 2. The van der Waals surface area contributed by atoms with E-state index in [-0.39, 0.29) is 30.2 Å². The average Bonchev–Trinajstić information content (AvgIpc) is 3.42. The van der Waals surface area contributed by atoms with Gasteiger partial charge in [-0.3, -0.25) is 9.59 Å². The van der Waals surface area contributed by atoms with E-state index in [2.05, 4.69) is 5.32 Å². The molecule has 1 N–H and O–H groups in total. The van der Waals surface area contributed by atoms with Gasteiger partial charge in [-0.1, -0.05) is 96.2 Å². The molecule has 0 unspecified atom stereocenters. The highest BCUT2D eigenvalue weighted by atomic mass is 35.5. The minimum Gasteiger partial charge on any atom is -0.352 e. The Morgan fingerprint density at radius 1 is 0.868 bits per heavy atom. The zero-order valence-corrected chi connectivity index (χ0v) is 24.1. The van der Waals surface area contributed by atoms with E-state index in [9.17, 15) is 9.59 Å². The summed E-state index contributed by atoms with van der Waals surface area (Å²) in [6.07, 6.45) is 4.59. The van der Waals surface area contributed by atoms with Crippen LogP contribution in [0.2, 0.25) is 15.1 Å². The number of benzene rings is 3. The molecule has 1 aliphatic carbocycles. The third kappa shape index (κ3) is 8.41. The van der Waals surface area contributed by atoms with Crippen LogP contribution >= 0.6 is 46.6 Å². The fourth-order valence-electron chi connectivity index (χ4n) is 4.72. The lowest BCUT2D eigenvalue weighted by molar-refractivity contribution is -0.139. The molecule has 0 heterocycles. The molecule has 0 bridgehead atoms. The molecule has 4 rings (SSSR count). The zero-order chi connectivity index (χ0) is 26.9. The van der Waals surface area contributed by atoms with E-state index in [0.717, 1.165) is 42.4 Å². The normalized spacial score (nSPS) is 14.3. The van der Waals surface area contributed by atoms with Crippen LogP contribution in [0.5, 0.6) is 0 Å². The second-order valence-electron chi connectivity index (χ2n) is 9.59. The van der Waals surface area contributed by atoms with Crippen molar-refractivity contribution < 1.29 is 9.59 Å². The molecule has 4 nitrogen and oxygen atoms in total. The molecule has 8 heteroatoms. The van der Waals surface area contributed by atoms with Crippen LogP contribution in [0.1, 0.15) is 42.4 Å². The Labute approximate surface area is 244 Å². The van der Waals surface area contributed by atoms with Crippen LogP contribution in [0.3, 0.4) is 0 Å². The van der Waals surface area contributed by atoms with Crippen molar-refractivity contribution in [3.05, 3.63) is 105 Å². The van der Waals surface area contributed by atoms with Gasteiger partial charge in [0.15, 0.2) is 0 Å². The molecule has 1 aliphatic rings. The van der Waals surface area contributed by atoms with Crippen molar-refractivity contribution in [1.82, 2.24) is 10.2 Å². The highest BCUT2D eigenvalue weighted by Crippen LogP contribution is 2.26. The van der Waals surface area contributed by atoms with E-state index in [1.54, 1.807) is 17.0 Å². The molecule has 38 heavy (non-hydrogen) atoms. The fourth-order valence-corrected chi connectivity index (χ4v) is 6.11. The first-order chi connectivity index (χ1) is 18.4. The van der Waals surface area contributed by atoms with E-state index in [0.29, 0.717) is 27.2 Å². The van der Waals surface area contributed by atoms with Gasteiger partial charge in [-0.2, -0.15) is 0 Å². The molecule has 1 atom stereocenters. The summed E-state index contributed by atoms with van der Waals surface area (Å²) >= 11 is 20.1. The van der Waals surface area contributed by atoms with Crippen molar-refractivity contribution in [2.45, 2.75) is 56.5 Å². The molecule has 0 saturated heterocycles. The van der Waals surface area contributed by atoms with Gasteiger partial charge >= 0.3 is 0 Å². The van der Waals surface area contributed by atoms with E-state index < -0.39 is 6.04 Å². The van der Waals surface area contributed by atoms with Crippen molar-refractivity contribution in [1.29, 1.82) is 0 Å². The minimum atomic E-state index is -0.660. The Kier molecular flexibility index (Phi) is 10.8. The molecule has 3 aromatic rings. The number of thioether (sulfide) groups is 1. The Balaban J connectivity index is 1.58. The number of nitrogens with zero attached hydrogens (tertiary/aromatic N) is 1. The van der Waals surface area contributed by atoms with Gasteiger partial charge in [0.1, 0.15) is 6.04 Å². The topological polar surface area (TPSA) is 49.4 Å². The fraction of sp³-hybridized carbons (Fsp3) is 0.333. The van der Waals surface area contributed by atoms with Gasteiger partial charge < -0.3 is 10.2 Å². The highest BCUT2D eigenvalue weighted by molar-refractivity contribution is 7.99. The van der Waals surface area contributed by atoms with Gasteiger partial charge in [-0.25, -0.2) is 0 Å². The Morgan fingerprint density at radius 3 is 2.32 bits per heavy atom. The Hall–Kier alpha value is -2.18. The lowest BCUT2D eigenvalue weighted by atomic mass is 10.0. The second kappa shape index (κ2) is 14.3. The minimum absolute atomic E-state index is 0.106. The molecular weight excluding hydrogens is 559 g/mol. The first kappa shape index (κ1) is 28.8. The maximum absolute atomic E-state index is 13.8. The quantitative estimate of drug-likeness (QED) is 0.251. The van der Waals surface area contributed by atoms with E-state index in [4.69, 9.17) is 34.8 Å². The second-order valence-corrected chi connectivity index (χ2v) is 11.8. The molecule has 1 fully saturated rings. The van der Waals surface area contributed by atoms with Gasteiger partial charge in [-0.05, 0) is 53.8 Å². The van der Waals surface area contributed by atoms with E-state index >= 15 is 0 Å². The van der Waals surface area contributed by atoms with Gasteiger partial charge in [0, 0.05) is 29.8 Å². The largest absolute Gasteiger partial charge is 0.352 e. The monoisotopic (exact) mass is 588 g/mol. The summed E-state index contributed by atoms with van der Waals surface area (Å²) < 4.78 is 0. The van der Waals surface area contributed by atoms with Gasteiger partial charge in [-0.15, -0.1) is 11.8 Å². The van der Waals surface area contributed by atoms with Gasteiger partial charge in [0.2, 0.25) is 11.8 Å². The molecule has 2 amide bonds. The van der Waals surface area contributed by atoms with Gasteiger partial charge in [0.05, 0.1) is 15.8 Å². The van der Waals surface area contributed by atoms with Crippen molar-refractivity contribution >= 4 is 58.4 Å². The summed E-state index contributed by atoms with van der Waals surface area (Å²) in [4.78, 5) is 29.2. The van der Waals surface area contributed by atoms with Crippen molar-refractivity contribution in [2.24, 2.45) is 0 Å². The Bertz CT molecular complexity index is 1240. The molecular formula is C30H31Cl3N2O2S. The van der Waals surface area contributed by atoms with E-state index in [1.807, 2.05) is 60.7 Å². The average molecular weight is 590 g/mol. The van der Waals surface area contributed by atoms with Crippen molar-refractivity contribution in [3.63, 3.8) is 0 Å². The number of nitrogens with one attached hydrogen (secondary N) is 1. The van der Waals surface area contributed by atoms with Crippen LogP contribution < -0.4 is 5.32 Å². The summed E-state index contributed by atoms with van der Waals surface area (Å²) in [6.45, 7) is 0.253. The third-order valence-electron chi connectivity index (χ3n) is 6.69. The number of halogens is 3. The number of hydrogen-bond donors (Lipinski definition) is 1. The molecule has 1 saturated carbocycles. The maximum atomic E-state index is 13.8. The smallest absolute Gasteiger partial charge is 0.243 e. The zero-order valence-electron chi connectivity index (χ0n) is 21.0. The Morgan fingerprint density at radius 2 is 1.61 bits per heavy atom. The molecule has 200 valence electrons. The standard InChI is InChI=1S/C30H31Cl3N2O2S/c31-24-10-6-9-23(15-24)19-38-20-29(36)35(18-22-13-14-26(32)27(33)16-22)28(17-21-7-2-1-3-8-21)30(37)34-25-11-4-5-12-25/h1-3,6-10,13-16,25,28H,4-5,11-12,17-20H2,(H,34,37)/t28-/m1/s1. The maximum Gasteiger partial charge on any atom is 0.243 e. The van der Waals surface area contributed by atoms with Crippen molar-refractivity contribution in [3.8, 4) is 0 Å². The number of rotatable bonds is 11. The van der Waals surface area contributed by atoms with Crippen LogP contribution in [-0.2, 0) is 28.3 Å². The van der Waals surface area contributed by atoms with Crippen molar-refractivity contribution in [2.75, 3.05) is 5.75 Å². The first-order valence-electron chi connectivity index (χ1n) is 12.8. The molecule has 3 aromatic carbocycles.